The number of aromatic nitrogens is 1. The number of benzene rings is 1. The summed E-state index contributed by atoms with van der Waals surface area (Å²) >= 11 is 0. The van der Waals surface area contributed by atoms with Crippen molar-refractivity contribution < 1.29 is 19.1 Å². The van der Waals surface area contributed by atoms with E-state index in [0.29, 0.717) is 6.42 Å². The van der Waals surface area contributed by atoms with E-state index in [1.807, 2.05) is 13.1 Å². The number of ether oxygens (including phenoxy) is 2. The average Bonchev–Trinajstić information content (AvgIpc) is 2.93. The summed E-state index contributed by atoms with van der Waals surface area (Å²) in [6.45, 7) is 9.98. The van der Waals surface area contributed by atoms with Crippen LogP contribution in [0.1, 0.15) is 43.0 Å². The monoisotopic (exact) mass is 369 g/mol. The van der Waals surface area contributed by atoms with Crippen molar-refractivity contribution in [1.29, 1.82) is 0 Å². The maximum absolute atomic E-state index is 12.9. The third kappa shape index (κ3) is 2.95. The largest absolute Gasteiger partial charge is 0.465 e. The Morgan fingerprint density at radius 3 is 2.44 bits per heavy atom. The molecule has 1 aromatic carbocycles. The predicted octanol–water partition coefficient (Wildman–Crippen LogP) is 3.82. The number of nitrogens with zero attached hydrogens (tertiary/aromatic N) is 1. The Kier molecular flexibility index (Phi) is 5.13. The van der Waals surface area contributed by atoms with Crippen molar-refractivity contribution in [2.24, 2.45) is 12.5 Å². The van der Waals surface area contributed by atoms with Crippen molar-refractivity contribution in [3.8, 4) is 0 Å². The third-order valence-corrected chi connectivity index (χ3v) is 5.54. The number of aryl methyl sites for hydroxylation is 2. The molecule has 0 saturated carbocycles. The van der Waals surface area contributed by atoms with Gasteiger partial charge in [-0.2, -0.15) is 0 Å². The zero-order chi connectivity index (χ0) is 19.8. The first-order valence-electron chi connectivity index (χ1n) is 9.44. The van der Waals surface area contributed by atoms with Crippen LogP contribution in [-0.4, -0.2) is 29.7 Å². The Morgan fingerprint density at radius 2 is 1.89 bits per heavy atom. The second-order valence-electron chi connectivity index (χ2n) is 7.19. The lowest BCUT2D eigenvalue weighted by Crippen LogP contribution is -2.47. The lowest BCUT2D eigenvalue weighted by molar-refractivity contribution is -0.173. The SMILES string of the molecule is C=C[C@@H]1CC(C(=O)OCC)(C(=O)OCC)Cc2c1c1cc(C)ccc1n2C. The average molecular weight is 369 g/mol. The molecule has 0 saturated heterocycles. The van der Waals surface area contributed by atoms with Crippen LogP contribution in [0.2, 0.25) is 0 Å². The highest BCUT2D eigenvalue weighted by Gasteiger charge is 2.54. The maximum atomic E-state index is 12.9. The number of fused-ring (bicyclic) bond motifs is 3. The van der Waals surface area contributed by atoms with Crippen molar-refractivity contribution in [2.45, 2.75) is 39.5 Å². The lowest BCUT2D eigenvalue weighted by atomic mass is 9.68. The molecule has 0 fully saturated rings. The number of esters is 2. The van der Waals surface area contributed by atoms with Gasteiger partial charge in [-0.1, -0.05) is 17.7 Å². The molecular formula is C22H27NO4. The number of hydrogen-bond acceptors (Lipinski definition) is 4. The van der Waals surface area contributed by atoms with Crippen LogP contribution in [-0.2, 0) is 32.5 Å². The summed E-state index contributed by atoms with van der Waals surface area (Å²) < 4.78 is 12.7. The molecule has 1 aromatic heterocycles. The van der Waals surface area contributed by atoms with E-state index in [9.17, 15) is 9.59 Å². The van der Waals surface area contributed by atoms with Gasteiger partial charge in [-0.05, 0) is 44.9 Å². The minimum Gasteiger partial charge on any atom is -0.465 e. The molecule has 0 spiro atoms. The molecule has 5 nitrogen and oxygen atoms in total. The van der Waals surface area contributed by atoms with Gasteiger partial charge >= 0.3 is 11.9 Å². The summed E-state index contributed by atoms with van der Waals surface area (Å²) in [4.78, 5) is 25.8. The first-order chi connectivity index (χ1) is 12.9. The molecule has 1 atom stereocenters. The van der Waals surface area contributed by atoms with Gasteiger partial charge in [0.05, 0.1) is 13.2 Å². The molecule has 0 unspecified atom stereocenters. The van der Waals surface area contributed by atoms with Gasteiger partial charge in [0.2, 0.25) is 0 Å². The number of carbonyl (C=O) groups is 2. The van der Waals surface area contributed by atoms with Crippen LogP contribution in [0, 0.1) is 12.3 Å². The van der Waals surface area contributed by atoms with Crippen molar-refractivity contribution in [3.05, 3.63) is 47.7 Å². The third-order valence-electron chi connectivity index (χ3n) is 5.54. The number of hydrogen-bond donors (Lipinski definition) is 0. The van der Waals surface area contributed by atoms with E-state index in [2.05, 4.69) is 36.3 Å². The van der Waals surface area contributed by atoms with Gasteiger partial charge < -0.3 is 14.0 Å². The summed E-state index contributed by atoms with van der Waals surface area (Å²) in [5.41, 5.74) is 3.03. The van der Waals surface area contributed by atoms with Gasteiger partial charge in [-0.25, -0.2) is 0 Å². The lowest BCUT2D eigenvalue weighted by Gasteiger charge is -2.36. The first kappa shape index (κ1) is 19.2. The van der Waals surface area contributed by atoms with Gasteiger partial charge in [-0.3, -0.25) is 9.59 Å². The Hall–Kier alpha value is -2.56. The van der Waals surface area contributed by atoms with E-state index in [1.165, 1.54) is 5.56 Å². The fourth-order valence-corrected chi connectivity index (χ4v) is 4.24. The highest BCUT2D eigenvalue weighted by molar-refractivity contribution is 6.01. The molecule has 0 aliphatic heterocycles. The summed E-state index contributed by atoms with van der Waals surface area (Å²) in [5.74, 6) is -1.15. The van der Waals surface area contributed by atoms with Crippen LogP contribution in [0.15, 0.2) is 30.9 Å². The molecule has 0 amide bonds. The summed E-state index contributed by atoms with van der Waals surface area (Å²) in [5, 5.41) is 1.15. The Bertz CT molecular complexity index is 891. The van der Waals surface area contributed by atoms with Gasteiger partial charge in [-0.15, -0.1) is 6.58 Å². The highest BCUT2D eigenvalue weighted by Crippen LogP contribution is 2.48. The fourth-order valence-electron chi connectivity index (χ4n) is 4.24. The molecule has 1 aliphatic rings. The first-order valence-corrected chi connectivity index (χ1v) is 9.44. The van der Waals surface area contributed by atoms with Gasteiger partial charge in [0.1, 0.15) is 0 Å². The van der Waals surface area contributed by atoms with Crippen molar-refractivity contribution >= 4 is 22.8 Å². The van der Waals surface area contributed by atoms with Crippen LogP contribution >= 0.6 is 0 Å². The quantitative estimate of drug-likeness (QED) is 0.457. The smallest absolute Gasteiger partial charge is 0.323 e. The highest BCUT2D eigenvalue weighted by atomic mass is 16.6. The zero-order valence-corrected chi connectivity index (χ0v) is 16.5. The minimum absolute atomic E-state index is 0.131. The molecule has 1 heterocycles. The van der Waals surface area contributed by atoms with Crippen LogP contribution in [0.5, 0.6) is 0 Å². The zero-order valence-electron chi connectivity index (χ0n) is 16.5. The van der Waals surface area contributed by atoms with Gasteiger partial charge in [0.25, 0.3) is 0 Å². The second-order valence-corrected chi connectivity index (χ2v) is 7.19. The standard InChI is InChI=1S/C22H27NO4/c1-6-15-12-22(20(24)26-7-2,21(25)27-8-3)13-18-19(15)16-11-14(4)9-10-17(16)23(18)5/h6,9-11,15H,1,7-8,12-13H2,2-5H3/t15-/m1/s1. The maximum Gasteiger partial charge on any atom is 0.323 e. The summed E-state index contributed by atoms with van der Waals surface area (Å²) in [7, 11) is 1.98. The van der Waals surface area contributed by atoms with Crippen molar-refractivity contribution in [2.75, 3.05) is 13.2 Å². The Morgan fingerprint density at radius 1 is 1.26 bits per heavy atom. The molecular weight excluding hydrogens is 342 g/mol. The molecule has 2 aromatic rings. The van der Waals surface area contributed by atoms with E-state index in [4.69, 9.17) is 9.47 Å². The summed E-state index contributed by atoms with van der Waals surface area (Å²) in [6, 6.07) is 6.31. The van der Waals surface area contributed by atoms with Gasteiger partial charge in [0, 0.05) is 36.0 Å². The molecule has 0 N–H and O–H groups in total. The van der Waals surface area contributed by atoms with E-state index < -0.39 is 17.4 Å². The minimum atomic E-state index is -1.34. The van der Waals surface area contributed by atoms with Crippen LogP contribution in [0.3, 0.4) is 0 Å². The van der Waals surface area contributed by atoms with Crippen molar-refractivity contribution in [1.82, 2.24) is 4.57 Å². The van der Waals surface area contributed by atoms with Crippen LogP contribution < -0.4 is 0 Å². The number of rotatable bonds is 5. The van der Waals surface area contributed by atoms with Crippen LogP contribution in [0.25, 0.3) is 10.9 Å². The number of carbonyl (C=O) groups excluding carboxylic acids is 2. The van der Waals surface area contributed by atoms with Gasteiger partial charge in [0.15, 0.2) is 5.41 Å². The molecule has 1 aliphatic carbocycles. The second kappa shape index (κ2) is 7.22. The fraction of sp³-hybridized carbons (Fsp3) is 0.455. The van der Waals surface area contributed by atoms with E-state index in [1.54, 1.807) is 13.8 Å². The normalized spacial score (nSPS) is 18.0. The number of allylic oxidation sites excluding steroid dienone is 1. The molecule has 0 bridgehead atoms. The molecule has 144 valence electrons. The summed E-state index contributed by atoms with van der Waals surface area (Å²) in [6.07, 6.45) is 2.41. The Labute approximate surface area is 159 Å². The van der Waals surface area contributed by atoms with E-state index in [-0.39, 0.29) is 25.6 Å². The van der Waals surface area contributed by atoms with Crippen molar-refractivity contribution in [3.63, 3.8) is 0 Å². The predicted molar refractivity (Wildman–Crippen MR) is 105 cm³/mol. The molecule has 5 heteroatoms. The van der Waals surface area contributed by atoms with Crippen LogP contribution in [0.4, 0.5) is 0 Å². The molecule has 3 rings (SSSR count). The molecule has 27 heavy (non-hydrogen) atoms. The van der Waals surface area contributed by atoms with E-state index >= 15 is 0 Å². The Balaban J connectivity index is 2.23. The molecule has 0 radical (unpaired) electrons. The topological polar surface area (TPSA) is 57.5 Å². The van der Waals surface area contributed by atoms with E-state index in [0.717, 1.165) is 22.2 Å².